The molecule has 1 aromatic heterocycles. The summed E-state index contributed by atoms with van der Waals surface area (Å²) in [5.41, 5.74) is 1.26. The Balaban J connectivity index is 1.81. The summed E-state index contributed by atoms with van der Waals surface area (Å²) >= 11 is 6.33. The Morgan fingerprint density at radius 2 is 1.81 bits per heavy atom. The minimum absolute atomic E-state index is 0.344. The van der Waals surface area contributed by atoms with Crippen molar-refractivity contribution in [3.8, 4) is 11.4 Å². The standard InChI is InChI=1S/C20H18ClFN4O/c21-15-5-2-1-4-14(15)19-23-17-7-3-6-16(22)18(17)20(24-19)26-10-8-25(9-11-26)12-13-27/h1-7,13H,8-12H2. The molecule has 5 nitrogen and oxygen atoms in total. The summed E-state index contributed by atoms with van der Waals surface area (Å²) in [7, 11) is 0. The normalized spacial score (nSPS) is 15.3. The van der Waals surface area contributed by atoms with E-state index in [2.05, 4.69) is 19.8 Å². The summed E-state index contributed by atoms with van der Waals surface area (Å²) in [5, 5.41) is 0.965. The number of nitrogens with zero attached hydrogens (tertiary/aromatic N) is 4. The molecule has 0 amide bonds. The topological polar surface area (TPSA) is 49.3 Å². The van der Waals surface area contributed by atoms with Crippen LogP contribution in [0.25, 0.3) is 22.3 Å². The number of fused-ring (bicyclic) bond motifs is 1. The Labute approximate surface area is 161 Å². The molecule has 3 aromatic rings. The lowest BCUT2D eigenvalue weighted by Gasteiger charge is -2.35. The van der Waals surface area contributed by atoms with Gasteiger partial charge in [0, 0.05) is 31.7 Å². The molecule has 1 saturated heterocycles. The van der Waals surface area contributed by atoms with Crippen LogP contribution in [0, 0.1) is 5.82 Å². The summed E-state index contributed by atoms with van der Waals surface area (Å²) < 4.78 is 14.6. The average Bonchev–Trinajstić information content (AvgIpc) is 2.69. The fourth-order valence-electron chi connectivity index (χ4n) is 3.36. The van der Waals surface area contributed by atoms with Crippen molar-refractivity contribution in [2.45, 2.75) is 0 Å². The van der Waals surface area contributed by atoms with E-state index in [-0.39, 0.29) is 5.82 Å². The van der Waals surface area contributed by atoms with Crippen molar-refractivity contribution in [3.63, 3.8) is 0 Å². The zero-order chi connectivity index (χ0) is 18.8. The maximum atomic E-state index is 14.6. The van der Waals surface area contributed by atoms with Crippen LogP contribution in [-0.2, 0) is 4.79 Å². The molecule has 27 heavy (non-hydrogen) atoms. The molecule has 0 saturated carbocycles. The highest BCUT2D eigenvalue weighted by atomic mass is 35.5. The number of aromatic nitrogens is 2. The smallest absolute Gasteiger partial charge is 0.163 e. The maximum Gasteiger partial charge on any atom is 0.163 e. The fraction of sp³-hybridized carbons (Fsp3) is 0.250. The highest BCUT2D eigenvalue weighted by Gasteiger charge is 2.23. The third kappa shape index (κ3) is 3.50. The number of hydrogen-bond acceptors (Lipinski definition) is 5. The van der Waals surface area contributed by atoms with E-state index in [1.807, 2.05) is 18.2 Å². The summed E-state index contributed by atoms with van der Waals surface area (Å²) in [6, 6.07) is 12.2. The molecule has 1 aliphatic heterocycles. The molecule has 0 radical (unpaired) electrons. The first-order valence-corrected chi connectivity index (χ1v) is 9.17. The quantitative estimate of drug-likeness (QED) is 0.645. The zero-order valence-electron chi connectivity index (χ0n) is 14.6. The molecule has 4 rings (SSSR count). The van der Waals surface area contributed by atoms with Crippen LogP contribution in [0.1, 0.15) is 0 Å². The number of rotatable bonds is 4. The first-order valence-electron chi connectivity index (χ1n) is 8.79. The predicted octanol–water partition coefficient (Wildman–Crippen LogP) is 3.41. The number of carbonyl (C=O) groups is 1. The third-order valence-electron chi connectivity index (χ3n) is 4.77. The average molecular weight is 385 g/mol. The van der Waals surface area contributed by atoms with Gasteiger partial charge in [-0.25, -0.2) is 14.4 Å². The van der Waals surface area contributed by atoms with Crippen LogP contribution >= 0.6 is 11.6 Å². The van der Waals surface area contributed by atoms with E-state index < -0.39 is 0 Å². The number of piperazine rings is 1. The Kier molecular flexibility index (Phi) is 5.01. The van der Waals surface area contributed by atoms with Gasteiger partial charge in [-0.1, -0.05) is 29.8 Å². The van der Waals surface area contributed by atoms with Crippen LogP contribution < -0.4 is 4.90 Å². The number of aldehydes is 1. The van der Waals surface area contributed by atoms with Gasteiger partial charge in [-0.15, -0.1) is 0 Å². The Hall–Kier alpha value is -2.57. The zero-order valence-corrected chi connectivity index (χ0v) is 15.4. The van der Waals surface area contributed by atoms with Crippen LogP contribution in [0.5, 0.6) is 0 Å². The lowest BCUT2D eigenvalue weighted by Crippen LogP contribution is -2.47. The fourth-order valence-corrected chi connectivity index (χ4v) is 3.58. The van der Waals surface area contributed by atoms with Gasteiger partial charge in [0.05, 0.1) is 22.5 Å². The maximum absolute atomic E-state index is 14.6. The van der Waals surface area contributed by atoms with E-state index in [0.29, 0.717) is 52.8 Å². The van der Waals surface area contributed by atoms with Gasteiger partial charge in [0.1, 0.15) is 17.9 Å². The lowest BCUT2D eigenvalue weighted by atomic mass is 10.1. The van der Waals surface area contributed by atoms with Gasteiger partial charge in [0.25, 0.3) is 0 Å². The molecule has 2 aromatic carbocycles. The van der Waals surface area contributed by atoms with Gasteiger partial charge in [0.2, 0.25) is 0 Å². The largest absolute Gasteiger partial charge is 0.353 e. The summed E-state index contributed by atoms with van der Waals surface area (Å²) in [5.74, 6) is 0.700. The number of benzene rings is 2. The minimum Gasteiger partial charge on any atom is -0.353 e. The monoisotopic (exact) mass is 384 g/mol. The first-order chi connectivity index (χ1) is 13.2. The molecule has 0 spiro atoms. The minimum atomic E-state index is -0.344. The van der Waals surface area contributed by atoms with E-state index in [1.54, 1.807) is 18.2 Å². The van der Waals surface area contributed by atoms with Crippen LogP contribution in [0.15, 0.2) is 42.5 Å². The predicted molar refractivity (Wildman–Crippen MR) is 105 cm³/mol. The molecule has 7 heteroatoms. The summed E-state index contributed by atoms with van der Waals surface area (Å²) in [6.07, 6.45) is 0.908. The molecule has 2 heterocycles. The van der Waals surface area contributed by atoms with Gasteiger partial charge < -0.3 is 9.69 Å². The van der Waals surface area contributed by atoms with Gasteiger partial charge in [-0.05, 0) is 24.3 Å². The van der Waals surface area contributed by atoms with Crippen molar-refractivity contribution in [3.05, 3.63) is 53.3 Å². The van der Waals surface area contributed by atoms with Gasteiger partial charge >= 0.3 is 0 Å². The second kappa shape index (κ2) is 7.58. The van der Waals surface area contributed by atoms with E-state index in [4.69, 9.17) is 11.6 Å². The van der Waals surface area contributed by atoms with Crippen LogP contribution in [0.2, 0.25) is 5.02 Å². The molecule has 0 N–H and O–H groups in total. The second-order valence-corrected chi connectivity index (χ2v) is 6.85. The number of anilines is 1. The molecular weight excluding hydrogens is 367 g/mol. The number of hydrogen-bond donors (Lipinski definition) is 0. The molecule has 0 aliphatic carbocycles. The Morgan fingerprint density at radius 1 is 1.04 bits per heavy atom. The number of halogens is 2. The Bertz CT molecular complexity index is 989. The highest BCUT2D eigenvalue weighted by Crippen LogP contribution is 2.32. The Morgan fingerprint density at radius 3 is 2.56 bits per heavy atom. The van der Waals surface area contributed by atoms with Crippen molar-refractivity contribution in [2.75, 3.05) is 37.6 Å². The summed E-state index contributed by atoms with van der Waals surface area (Å²) in [6.45, 7) is 3.18. The van der Waals surface area contributed by atoms with E-state index in [0.717, 1.165) is 19.4 Å². The van der Waals surface area contributed by atoms with Crippen LogP contribution in [0.4, 0.5) is 10.2 Å². The molecular formula is C20H18ClFN4O. The molecule has 138 valence electrons. The molecule has 0 unspecified atom stereocenters. The van der Waals surface area contributed by atoms with Crippen molar-refractivity contribution < 1.29 is 9.18 Å². The van der Waals surface area contributed by atoms with E-state index in [9.17, 15) is 9.18 Å². The molecule has 1 fully saturated rings. The van der Waals surface area contributed by atoms with Crippen molar-refractivity contribution in [1.29, 1.82) is 0 Å². The van der Waals surface area contributed by atoms with Crippen LogP contribution in [-0.4, -0.2) is 53.9 Å². The number of carbonyl (C=O) groups excluding carboxylic acids is 1. The van der Waals surface area contributed by atoms with Crippen LogP contribution in [0.3, 0.4) is 0 Å². The van der Waals surface area contributed by atoms with Crippen molar-refractivity contribution in [1.82, 2.24) is 14.9 Å². The van der Waals surface area contributed by atoms with E-state index >= 15 is 0 Å². The second-order valence-electron chi connectivity index (χ2n) is 6.44. The third-order valence-corrected chi connectivity index (χ3v) is 5.10. The lowest BCUT2D eigenvalue weighted by molar-refractivity contribution is -0.108. The highest BCUT2D eigenvalue weighted by molar-refractivity contribution is 6.33. The molecule has 0 atom stereocenters. The summed E-state index contributed by atoms with van der Waals surface area (Å²) in [4.78, 5) is 24.1. The molecule has 1 aliphatic rings. The van der Waals surface area contributed by atoms with Gasteiger partial charge in [0.15, 0.2) is 5.82 Å². The first kappa shape index (κ1) is 17.8. The van der Waals surface area contributed by atoms with Gasteiger partial charge in [-0.2, -0.15) is 0 Å². The SMILES string of the molecule is O=CCN1CCN(c2nc(-c3ccccc3Cl)nc3cccc(F)c23)CC1. The van der Waals surface area contributed by atoms with Crippen molar-refractivity contribution >= 4 is 34.6 Å². The van der Waals surface area contributed by atoms with E-state index in [1.165, 1.54) is 6.07 Å². The van der Waals surface area contributed by atoms with Gasteiger partial charge in [-0.3, -0.25) is 4.90 Å². The van der Waals surface area contributed by atoms with Crippen molar-refractivity contribution in [2.24, 2.45) is 0 Å². The molecule has 0 bridgehead atoms.